The first-order valence-corrected chi connectivity index (χ1v) is 7.15. The summed E-state index contributed by atoms with van der Waals surface area (Å²) in [5, 5.41) is 12.6. The summed E-state index contributed by atoms with van der Waals surface area (Å²) in [4.78, 5) is 13.9. The van der Waals surface area contributed by atoms with Crippen molar-refractivity contribution in [3.05, 3.63) is 41.7 Å². The van der Waals surface area contributed by atoms with Crippen LogP contribution in [0.25, 0.3) is 0 Å². The van der Waals surface area contributed by atoms with E-state index in [1.165, 1.54) is 11.0 Å². The maximum absolute atomic E-state index is 13.7. The topological polar surface area (TPSA) is 114 Å². The van der Waals surface area contributed by atoms with Crippen LogP contribution < -0.4 is 4.72 Å². The van der Waals surface area contributed by atoms with E-state index >= 15 is 0 Å². The first-order valence-electron chi connectivity index (χ1n) is 5.66. The van der Waals surface area contributed by atoms with Gasteiger partial charge >= 0.3 is 5.97 Å². The van der Waals surface area contributed by atoms with Crippen molar-refractivity contribution in [1.82, 2.24) is 19.5 Å². The highest BCUT2D eigenvalue weighted by molar-refractivity contribution is 7.89. The molecule has 0 amide bonds. The Labute approximate surface area is 119 Å². The predicted molar refractivity (Wildman–Crippen MR) is 68.4 cm³/mol. The number of hydrogen-bond donors (Lipinski definition) is 2. The lowest BCUT2D eigenvalue weighted by Crippen LogP contribution is -2.25. The van der Waals surface area contributed by atoms with E-state index in [0.717, 1.165) is 12.1 Å². The Bertz CT molecular complexity index is 787. The van der Waals surface area contributed by atoms with Gasteiger partial charge in [0.2, 0.25) is 10.0 Å². The number of carboxylic acids is 1. The van der Waals surface area contributed by atoms with Crippen LogP contribution in [0.2, 0.25) is 0 Å². The lowest BCUT2D eigenvalue weighted by atomic mass is 10.2. The van der Waals surface area contributed by atoms with Gasteiger partial charge in [0.1, 0.15) is 17.0 Å². The molecule has 21 heavy (non-hydrogen) atoms. The molecule has 1 aromatic carbocycles. The second kappa shape index (κ2) is 5.58. The fraction of sp³-hybridized carbons (Fsp3) is 0.182. The molecule has 0 aliphatic carbocycles. The second-order valence-electron chi connectivity index (χ2n) is 4.11. The molecular formula is C11H11FN4O4S. The van der Waals surface area contributed by atoms with E-state index in [-0.39, 0.29) is 17.9 Å². The van der Waals surface area contributed by atoms with Gasteiger partial charge in [-0.1, -0.05) is 0 Å². The normalized spacial score (nSPS) is 11.5. The number of sulfonamides is 1. The molecular weight excluding hydrogens is 303 g/mol. The minimum Gasteiger partial charge on any atom is -0.478 e. The molecule has 0 atom stereocenters. The summed E-state index contributed by atoms with van der Waals surface area (Å²) >= 11 is 0. The van der Waals surface area contributed by atoms with Crippen LogP contribution in [0.3, 0.4) is 0 Å². The summed E-state index contributed by atoms with van der Waals surface area (Å²) in [6.45, 7) is -0.205. The molecule has 0 fully saturated rings. The summed E-state index contributed by atoms with van der Waals surface area (Å²) in [7, 11) is -2.51. The molecule has 112 valence electrons. The van der Waals surface area contributed by atoms with Crippen molar-refractivity contribution >= 4 is 16.0 Å². The fourth-order valence-corrected chi connectivity index (χ4v) is 2.59. The van der Waals surface area contributed by atoms with Crippen LogP contribution in [0.1, 0.15) is 16.2 Å². The average molecular weight is 314 g/mol. The number of carboxylic acid groups (broad SMARTS) is 1. The highest BCUT2D eigenvalue weighted by atomic mass is 32.2. The van der Waals surface area contributed by atoms with E-state index < -0.39 is 26.7 Å². The molecule has 0 aliphatic heterocycles. The van der Waals surface area contributed by atoms with Gasteiger partial charge in [-0.3, -0.25) is 4.68 Å². The zero-order valence-electron chi connectivity index (χ0n) is 10.8. The van der Waals surface area contributed by atoms with E-state index in [1.807, 2.05) is 0 Å². The lowest BCUT2D eigenvalue weighted by molar-refractivity contribution is 0.0696. The Hall–Kier alpha value is -2.33. The largest absolute Gasteiger partial charge is 0.478 e. The molecule has 8 nitrogen and oxygen atoms in total. The van der Waals surface area contributed by atoms with Gasteiger partial charge in [-0.15, -0.1) is 0 Å². The van der Waals surface area contributed by atoms with Gasteiger partial charge in [0.15, 0.2) is 5.82 Å². The third-order valence-electron chi connectivity index (χ3n) is 2.54. The number of aromatic nitrogens is 3. The molecule has 2 aromatic rings. The van der Waals surface area contributed by atoms with Crippen LogP contribution in [-0.2, 0) is 23.6 Å². The number of aryl methyl sites for hydroxylation is 1. The standard InChI is InChI=1S/C11H11FN4O4S/c1-16-6-13-10(15-16)5-14-21(19,20)9-3-2-7(11(17)18)4-8(9)12/h2-4,6,14H,5H2,1H3,(H,17,18). The first kappa shape index (κ1) is 15.1. The molecule has 10 heteroatoms. The number of nitrogens with one attached hydrogen (secondary N) is 1. The molecule has 0 unspecified atom stereocenters. The summed E-state index contributed by atoms with van der Waals surface area (Å²) in [5.74, 6) is -2.26. The zero-order valence-corrected chi connectivity index (χ0v) is 11.6. The number of benzene rings is 1. The van der Waals surface area contributed by atoms with Crippen LogP contribution in [0.15, 0.2) is 29.4 Å². The van der Waals surface area contributed by atoms with Gasteiger partial charge < -0.3 is 5.11 Å². The van der Waals surface area contributed by atoms with E-state index in [1.54, 1.807) is 7.05 Å². The van der Waals surface area contributed by atoms with Crippen LogP contribution in [-0.4, -0.2) is 34.3 Å². The fourth-order valence-electron chi connectivity index (χ4n) is 1.55. The molecule has 2 N–H and O–H groups in total. The highest BCUT2D eigenvalue weighted by Crippen LogP contribution is 2.16. The third kappa shape index (κ3) is 3.41. The SMILES string of the molecule is Cn1cnc(CNS(=O)(=O)c2ccc(C(=O)O)cc2F)n1. The number of carbonyl (C=O) groups is 1. The summed E-state index contributed by atoms with van der Waals surface area (Å²) in [6.07, 6.45) is 1.39. The minimum absolute atomic E-state index is 0.205. The van der Waals surface area contributed by atoms with Crippen molar-refractivity contribution in [3.8, 4) is 0 Å². The molecule has 0 saturated heterocycles. The lowest BCUT2D eigenvalue weighted by Gasteiger charge is -2.06. The number of halogens is 1. The minimum atomic E-state index is -4.13. The Kier molecular flexibility index (Phi) is 4.00. The predicted octanol–water partition coefficient (Wildman–Crippen LogP) is 0.131. The van der Waals surface area contributed by atoms with Gasteiger partial charge in [0.25, 0.3) is 0 Å². The van der Waals surface area contributed by atoms with Crippen LogP contribution in [0, 0.1) is 5.82 Å². The maximum atomic E-state index is 13.7. The maximum Gasteiger partial charge on any atom is 0.335 e. The average Bonchev–Trinajstić information content (AvgIpc) is 2.82. The summed E-state index contributed by atoms with van der Waals surface area (Å²) in [6, 6.07) is 2.56. The molecule has 1 heterocycles. The quantitative estimate of drug-likeness (QED) is 0.811. The zero-order chi connectivity index (χ0) is 15.6. The van der Waals surface area contributed by atoms with Gasteiger partial charge in [0.05, 0.1) is 12.1 Å². The second-order valence-corrected chi connectivity index (χ2v) is 5.84. The van der Waals surface area contributed by atoms with Gasteiger partial charge in [-0.25, -0.2) is 27.3 Å². The molecule has 0 bridgehead atoms. The number of nitrogens with zero attached hydrogens (tertiary/aromatic N) is 3. The molecule has 0 radical (unpaired) electrons. The monoisotopic (exact) mass is 314 g/mol. The van der Waals surface area contributed by atoms with Crippen LogP contribution in [0.4, 0.5) is 4.39 Å². The van der Waals surface area contributed by atoms with Crippen molar-refractivity contribution in [2.75, 3.05) is 0 Å². The summed E-state index contributed by atoms with van der Waals surface area (Å²) < 4.78 is 41.2. The van der Waals surface area contributed by atoms with E-state index in [9.17, 15) is 17.6 Å². The number of hydrogen-bond acceptors (Lipinski definition) is 5. The van der Waals surface area contributed by atoms with E-state index in [4.69, 9.17) is 5.11 Å². The highest BCUT2D eigenvalue weighted by Gasteiger charge is 2.20. The number of aromatic carboxylic acids is 1. The van der Waals surface area contributed by atoms with E-state index in [0.29, 0.717) is 6.07 Å². The van der Waals surface area contributed by atoms with Gasteiger partial charge in [-0.05, 0) is 18.2 Å². The molecule has 0 aliphatic rings. The van der Waals surface area contributed by atoms with Gasteiger partial charge in [-0.2, -0.15) is 5.10 Å². The van der Waals surface area contributed by atoms with Crippen LogP contribution >= 0.6 is 0 Å². The number of rotatable bonds is 5. The Morgan fingerprint density at radius 2 is 2.19 bits per heavy atom. The van der Waals surface area contributed by atoms with Crippen molar-refractivity contribution in [2.45, 2.75) is 11.4 Å². The smallest absolute Gasteiger partial charge is 0.335 e. The Morgan fingerprint density at radius 3 is 2.71 bits per heavy atom. The Balaban J connectivity index is 2.21. The molecule has 0 saturated carbocycles. The summed E-state index contributed by atoms with van der Waals surface area (Å²) in [5.41, 5.74) is -0.335. The van der Waals surface area contributed by atoms with E-state index in [2.05, 4.69) is 14.8 Å². The van der Waals surface area contributed by atoms with Crippen molar-refractivity contribution in [3.63, 3.8) is 0 Å². The third-order valence-corrected chi connectivity index (χ3v) is 3.97. The van der Waals surface area contributed by atoms with Gasteiger partial charge in [0, 0.05) is 7.05 Å². The molecule has 1 aromatic heterocycles. The molecule has 0 spiro atoms. The van der Waals surface area contributed by atoms with Crippen molar-refractivity contribution < 1.29 is 22.7 Å². The Morgan fingerprint density at radius 1 is 1.48 bits per heavy atom. The first-order chi connectivity index (χ1) is 9.79. The van der Waals surface area contributed by atoms with Crippen molar-refractivity contribution in [1.29, 1.82) is 0 Å². The van der Waals surface area contributed by atoms with Crippen LogP contribution in [0.5, 0.6) is 0 Å². The molecule has 2 rings (SSSR count). The van der Waals surface area contributed by atoms with Crippen molar-refractivity contribution in [2.24, 2.45) is 7.05 Å².